The Morgan fingerprint density at radius 1 is 1.07 bits per heavy atom. The van der Waals surface area contributed by atoms with E-state index in [0.29, 0.717) is 5.11 Å². The smallest absolute Gasteiger partial charge is 0.174 e. The minimum Gasteiger partial charge on any atom is -0.497 e. The maximum atomic E-state index is 5.76. The molecule has 6 nitrogen and oxygen atoms in total. The van der Waals surface area contributed by atoms with Gasteiger partial charge in [0.05, 0.1) is 31.6 Å². The lowest BCUT2D eigenvalue weighted by atomic mass is 10.0. The fraction of sp³-hybridized carbons (Fsp3) is 0.238. The van der Waals surface area contributed by atoms with Crippen LogP contribution in [-0.4, -0.2) is 28.9 Å². The van der Waals surface area contributed by atoms with E-state index in [-0.39, 0.29) is 12.1 Å². The summed E-state index contributed by atoms with van der Waals surface area (Å²) < 4.78 is 13.2. The zero-order valence-electron chi connectivity index (χ0n) is 16.0. The average molecular weight is 395 g/mol. The predicted molar refractivity (Wildman–Crippen MR) is 113 cm³/mol. The molecule has 0 spiro atoms. The SMILES string of the molecule is COc1ccc(OC)c(N2C(=S)N[C@H](c3ccccn3)[C@@H]2c2cccn2C)c1. The molecule has 0 radical (unpaired) electrons. The van der Waals surface area contributed by atoms with Gasteiger partial charge < -0.3 is 24.3 Å². The normalized spacial score (nSPS) is 18.8. The molecular formula is C21H22N4O2S. The molecule has 1 aromatic carbocycles. The second-order valence-corrected chi connectivity index (χ2v) is 6.97. The lowest BCUT2D eigenvalue weighted by Gasteiger charge is -2.29. The number of aryl methyl sites for hydroxylation is 1. The van der Waals surface area contributed by atoms with Gasteiger partial charge in [-0.2, -0.15) is 0 Å². The Bertz CT molecular complexity index is 989. The van der Waals surface area contributed by atoms with Crippen molar-refractivity contribution < 1.29 is 9.47 Å². The predicted octanol–water partition coefficient (Wildman–Crippen LogP) is 3.61. The van der Waals surface area contributed by atoms with Crippen LogP contribution < -0.4 is 19.7 Å². The summed E-state index contributed by atoms with van der Waals surface area (Å²) in [7, 11) is 5.34. The van der Waals surface area contributed by atoms with E-state index in [1.54, 1.807) is 20.4 Å². The number of nitrogens with zero attached hydrogens (tertiary/aromatic N) is 3. The zero-order chi connectivity index (χ0) is 19.7. The first-order valence-electron chi connectivity index (χ1n) is 8.98. The molecule has 0 bridgehead atoms. The van der Waals surface area contributed by atoms with Crippen LogP contribution in [0.3, 0.4) is 0 Å². The Hall–Kier alpha value is -3.06. The highest BCUT2D eigenvalue weighted by Gasteiger charge is 2.42. The molecule has 0 unspecified atom stereocenters. The first kappa shape index (κ1) is 18.3. The number of pyridine rings is 1. The fourth-order valence-corrected chi connectivity index (χ4v) is 4.02. The summed E-state index contributed by atoms with van der Waals surface area (Å²) >= 11 is 5.76. The van der Waals surface area contributed by atoms with E-state index >= 15 is 0 Å². The van der Waals surface area contributed by atoms with Gasteiger partial charge in [-0.1, -0.05) is 6.07 Å². The Morgan fingerprint density at radius 3 is 2.57 bits per heavy atom. The van der Waals surface area contributed by atoms with E-state index in [2.05, 4.69) is 25.8 Å². The Labute approximate surface area is 169 Å². The first-order valence-corrected chi connectivity index (χ1v) is 9.38. The number of ether oxygens (including phenoxy) is 2. The van der Waals surface area contributed by atoms with Gasteiger partial charge in [-0.25, -0.2) is 0 Å². The van der Waals surface area contributed by atoms with Gasteiger partial charge in [-0.3, -0.25) is 4.98 Å². The van der Waals surface area contributed by atoms with Crippen LogP contribution in [0.25, 0.3) is 0 Å². The van der Waals surface area contributed by atoms with E-state index in [0.717, 1.165) is 28.6 Å². The summed E-state index contributed by atoms with van der Waals surface area (Å²) in [5.41, 5.74) is 2.90. The minimum absolute atomic E-state index is 0.0941. The summed E-state index contributed by atoms with van der Waals surface area (Å²) in [6.07, 6.45) is 3.84. The number of hydrogen-bond donors (Lipinski definition) is 1. The van der Waals surface area contributed by atoms with E-state index < -0.39 is 0 Å². The molecule has 28 heavy (non-hydrogen) atoms. The molecule has 1 aliphatic heterocycles. The Balaban J connectivity index is 1.88. The average Bonchev–Trinajstić information content (AvgIpc) is 3.30. The van der Waals surface area contributed by atoms with Crippen molar-refractivity contribution in [2.75, 3.05) is 19.1 Å². The monoisotopic (exact) mass is 394 g/mol. The molecule has 0 aliphatic carbocycles. The Morgan fingerprint density at radius 2 is 1.93 bits per heavy atom. The first-order chi connectivity index (χ1) is 13.6. The molecule has 1 fully saturated rings. The minimum atomic E-state index is -0.0989. The highest BCUT2D eigenvalue weighted by molar-refractivity contribution is 7.80. The second kappa shape index (κ2) is 7.52. The van der Waals surface area contributed by atoms with E-state index in [1.165, 1.54) is 0 Å². The zero-order valence-corrected chi connectivity index (χ0v) is 16.8. The van der Waals surface area contributed by atoms with Crippen molar-refractivity contribution in [1.82, 2.24) is 14.9 Å². The third-order valence-electron chi connectivity index (χ3n) is 5.03. The summed E-state index contributed by atoms with van der Waals surface area (Å²) in [5, 5.41) is 4.08. The second-order valence-electron chi connectivity index (χ2n) is 6.58. The molecule has 0 amide bonds. The fourth-order valence-electron chi connectivity index (χ4n) is 3.68. The van der Waals surface area contributed by atoms with Crippen molar-refractivity contribution in [2.24, 2.45) is 7.05 Å². The number of benzene rings is 1. The van der Waals surface area contributed by atoms with E-state index in [4.69, 9.17) is 21.7 Å². The van der Waals surface area contributed by atoms with Crippen molar-refractivity contribution >= 4 is 23.0 Å². The molecule has 2 atom stereocenters. The van der Waals surface area contributed by atoms with Gasteiger partial charge >= 0.3 is 0 Å². The number of anilines is 1. The number of aromatic nitrogens is 2. The number of hydrogen-bond acceptors (Lipinski definition) is 4. The summed E-state index contributed by atoms with van der Waals surface area (Å²) in [6, 6.07) is 15.6. The number of rotatable bonds is 5. The third kappa shape index (κ3) is 3.07. The van der Waals surface area contributed by atoms with Gasteiger partial charge in [0.15, 0.2) is 5.11 Å². The molecule has 1 saturated heterocycles. The van der Waals surface area contributed by atoms with Gasteiger partial charge in [0, 0.05) is 31.2 Å². The summed E-state index contributed by atoms with van der Waals surface area (Å²) in [4.78, 5) is 6.66. The topological polar surface area (TPSA) is 51.6 Å². The highest BCUT2D eigenvalue weighted by Crippen LogP contribution is 2.45. The van der Waals surface area contributed by atoms with Gasteiger partial charge in [0.25, 0.3) is 0 Å². The molecule has 144 valence electrons. The quantitative estimate of drug-likeness (QED) is 0.667. The summed E-state index contributed by atoms with van der Waals surface area (Å²) in [5.74, 6) is 1.47. The molecule has 1 N–H and O–H groups in total. The van der Waals surface area contributed by atoms with Crippen LogP contribution in [0.4, 0.5) is 5.69 Å². The highest BCUT2D eigenvalue weighted by atomic mass is 32.1. The summed E-state index contributed by atoms with van der Waals surface area (Å²) in [6.45, 7) is 0. The van der Waals surface area contributed by atoms with Crippen LogP contribution in [0.5, 0.6) is 11.5 Å². The Kier molecular flexibility index (Phi) is 4.92. The number of nitrogens with one attached hydrogen (secondary N) is 1. The molecule has 3 heterocycles. The van der Waals surface area contributed by atoms with Gasteiger partial charge in [0.1, 0.15) is 17.5 Å². The van der Waals surface area contributed by atoms with Crippen LogP contribution >= 0.6 is 12.2 Å². The van der Waals surface area contributed by atoms with Crippen LogP contribution in [0.1, 0.15) is 23.5 Å². The van der Waals surface area contributed by atoms with Crippen LogP contribution in [0.15, 0.2) is 60.9 Å². The molecule has 7 heteroatoms. The van der Waals surface area contributed by atoms with Crippen LogP contribution in [-0.2, 0) is 7.05 Å². The van der Waals surface area contributed by atoms with E-state index in [1.807, 2.05) is 55.7 Å². The lowest BCUT2D eigenvalue weighted by Crippen LogP contribution is -2.30. The van der Waals surface area contributed by atoms with Gasteiger partial charge in [-0.15, -0.1) is 0 Å². The number of thiocarbonyl (C=S) groups is 1. The van der Waals surface area contributed by atoms with Crippen molar-refractivity contribution in [2.45, 2.75) is 12.1 Å². The van der Waals surface area contributed by atoms with Crippen LogP contribution in [0.2, 0.25) is 0 Å². The van der Waals surface area contributed by atoms with E-state index in [9.17, 15) is 0 Å². The van der Waals surface area contributed by atoms with Crippen molar-refractivity contribution in [1.29, 1.82) is 0 Å². The molecule has 3 aromatic rings. The van der Waals surface area contributed by atoms with Gasteiger partial charge in [0.2, 0.25) is 0 Å². The van der Waals surface area contributed by atoms with Crippen LogP contribution in [0, 0.1) is 0 Å². The molecular weight excluding hydrogens is 372 g/mol. The van der Waals surface area contributed by atoms with Crippen molar-refractivity contribution in [3.05, 3.63) is 72.3 Å². The maximum absolute atomic E-state index is 5.76. The van der Waals surface area contributed by atoms with Gasteiger partial charge in [-0.05, 0) is 48.6 Å². The molecule has 1 aliphatic rings. The molecule has 2 aromatic heterocycles. The standard InChI is InChI=1S/C21H22N4O2S/c1-24-12-6-8-16(24)20-19(15-7-4-5-11-22-15)23-21(28)25(20)17-13-14(26-2)9-10-18(17)27-3/h4-13,19-20H,1-3H3,(H,23,28)/t19-,20+/m1/s1. The van der Waals surface area contributed by atoms with Crippen molar-refractivity contribution in [3.8, 4) is 11.5 Å². The number of methoxy groups -OCH3 is 2. The van der Waals surface area contributed by atoms with Crippen molar-refractivity contribution in [3.63, 3.8) is 0 Å². The third-order valence-corrected chi connectivity index (χ3v) is 5.35. The molecule has 0 saturated carbocycles. The maximum Gasteiger partial charge on any atom is 0.174 e. The molecule has 4 rings (SSSR count). The largest absolute Gasteiger partial charge is 0.497 e. The lowest BCUT2D eigenvalue weighted by molar-refractivity contribution is 0.402.